The maximum absolute atomic E-state index is 5.51. The minimum atomic E-state index is 0.339. The lowest BCUT2D eigenvalue weighted by Gasteiger charge is -2.19. The van der Waals surface area contributed by atoms with Gasteiger partial charge in [-0.3, -0.25) is 0 Å². The number of nitrogens with one attached hydrogen (secondary N) is 1. The van der Waals surface area contributed by atoms with Crippen molar-refractivity contribution >= 4 is 22.6 Å². The van der Waals surface area contributed by atoms with Gasteiger partial charge in [-0.1, -0.05) is 31.2 Å². The van der Waals surface area contributed by atoms with Crippen molar-refractivity contribution in [2.45, 2.75) is 26.3 Å². The predicted molar refractivity (Wildman–Crippen MR) is 96.9 cm³/mol. The molecule has 0 bridgehead atoms. The lowest BCUT2D eigenvalue weighted by molar-refractivity contribution is 0.340. The zero-order chi connectivity index (χ0) is 15.1. The van der Waals surface area contributed by atoms with Crippen LogP contribution in [0, 0.1) is 3.57 Å². The molecule has 0 saturated carbocycles. The zero-order valence-corrected chi connectivity index (χ0v) is 14.8. The van der Waals surface area contributed by atoms with Crippen molar-refractivity contribution < 1.29 is 4.74 Å². The molecule has 0 aliphatic rings. The summed E-state index contributed by atoms with van der Waals surface area (Å²) in [6, 6.07) is 17.5. The van der Waals surface area contributed by atoms with E-state index in [4.69, 9.17) is 4.74 Å². The Labute approximate surface area is 141 Å². The first kappa shape index (κ1) is 16.3. The zero-order valence-electron chi connectivity index (χ0n) is 12.6. The summed E-state index contributed by atoms with van der Waals surface area (Å²) in [5.74, 6) is 0.936. The van der Waals surface area contributed by atoms with Crippen molar-refractivity contribution in [3.8, 4) is 5.75 Å². The Morgan fingerprint density at radius 3 is 2.24 bits per heavy atom. The monoisotopic (exact) mass is 395 g/mol. The number of halogens is 1. The van der Waals surface area contributed by atoms with Crippen LogP contribution in [0.5, 0.6) is 5.75 Å². The molecule has 2 aromatic rings. The Morgan fingerprint density at radius 2 is 1.67 bits per heavy atom. The molecule has 1 unspecified atom stereocenters. The van der Waals surface area contributed by atoms with Crippen LogP contribution in [0.2, 0.25) is 0 Å². The molecule has 0 aliphatic heterocycles. The van der Waals surface area contributed by atoms with E-state index in [0.29, 0.717) is 12.6 Å². The van der Waals surface area contributed by atoms with E-state index in [1.807, 2.05) is 6.92 Å². The highest BCUT2D eigenvalue weighted by atomic mass is 127. The van der Waals surface area contributed by atoms with Crippen LogP contribution in [0.4, 0.5) is 0 Å². The normalized spacial score (nSPS) is 12.1. The van der Waals surface area contributed by atoms with Crippen LogP contribution in [0.3, 0.4) is 0 Å². The maximum atomic E-state index is 5.51. The molecule has 0 heterocycles. The van der Waals surface area contributed by atoms with Crippen LogP contribution >= 0.6 is 22.6 Å². The van der Waals surface area contributed by atoms with E-state index in [1.54, 1.807) is 0 Å². The van der Waals surface area contributed by atoms with Gasteiger partial charge in [-0.2, -0.15) is 0 Å². The second-order valence-corrected chi connectivity index (χ2v) is 6.19. The Kier molecular flexibility index (Phi) is 6.51. The minimum absolute atomic E-state index is 0.339. The molecule has 3 heteroatoms. The summed E-state index contributed by atoms with van der Waals surface area (Å²) >= 11 is 2.34. The first-order valence-electron chi connectivity index (χ1n) is 7.43. The van der Waals surface area contributed by atoms with Gasteiger partial charge < -0.3 is 10.1 Å². The average Bonchev–Trinajstić information content (AvgIpc) is 2.50. The molecule has 1 N–H and O–H groups in total. The molecule has 0 fully saturated rings. The van der Waals surface area contributed by atoms with Gasteiger partial charge in [0.25, 0.3) is 0 Å². The van der Waals surface area contributed by atoms with E-state index in [-0.39, 0.29) is 0 Å². The van der Waals surface area contributed by atoms with E-state index >= 15 is 0 Å². The molecule has 2 aromatic carbocycles. The molecule has 21 heavy (non-hydrogen) atoms. The van der Waals surface area contributed by atoms with E-state index in [0.717, 1.165) is 18.7 Å². The van der Waals surface area contributed by atoms with Crippen LogP contribution in [0.25, 0.3) is 0 Å². The van der Waals surface area contributed by atoms with Crippen LogP contribution in [0.15, 0.2) is 48.5 Å². The molecule has 0 aliphatic carbocycles. The average molecular weight is 395 g/mol. The number of benzene rings is 2. The van der Waals surface area contributed by atoms with Crippen LogP contribution < -0.4 is 10.1 Å². The molecule has 112 valence electrons. The molecule has 2 nitrogen and oxygen atoms in total. The number of likely N-dealkylation sites (N-methyl/N-ethyl adjacent to an activating group) is 1. The Balaban J connectivity index is 2.12. The fraction of sp³-hybridized carbons (Fsp3) is 0.333. The molecule has 0 amide bonds. The largest absolute Gasteiger partial charge is 0.494 e. The molecule has 0 saturated heterocycles. The third-order valence-electron chi connectivity index (χ3n) is 3.40. The summed E-state index contributed by atoms with van der Waals surface area (Å²) in [6.45, 7) is 5.82. The summed E-state index contributed by atoms with van der Waals surface area (Å²) in [4.78, 5) is 0. The van der Waals surface area contributed by atoms with E-state index in [9.17, 15) is 0 Å². The van der Waals surface area contributed by atoms with Crippen molar-refractivity contribution in [2.24, 2.45) is 0 Å². The van der Waals surface area contributed by atoms with E-state index < -0.39 is 0 Å². The van der Waals surface area contributed by atoms with Gasteiger partial charge in [0.15, 0.2) is 0 Å². The van der Waals surface area contributed by atoms with Crippen LogP contribution in [-0.4, -0.2) is 13.2 Å². The molecular formula is C18H22INO. The summed E-state index contributed by atoms with van der Waals surface area (Å²) in [6.07, 6.45) is 0.999. The lowest BCUT2D eigenvalue weighted by atomic mass is 9.99. The van der Waals surface area contributed by atoms with Gasteiger partial charge in [-0.25, -0.2) is 0 Å². The Hall–Kier alpha value is -1.07. The van der Waals surface area contributed by atoms with Crippen molar-refractivity contribution in [1.29, 1.82) is 0 Å². The molecule has 0 radical (unpaired) electrons. The van der Waals surface area contributed by atoms with Gasteiger partial charge in [0.1, 0.15) is 5.75 Å². The SMILES string of the molecule is CCNC(Cc1ccc(I)cc1)c1ccc(OCC)cc1. The molecule has 2 rings (SSSR count). The molecular weight excluding hydrogens is 373 g/mol. The number of hydrogen-bond acceptors (Lipinski definition) is 2. The van der Waals surface area contributed by atoms with Crippen molar-refractivity contribution in [3.63, 3.8) is 0 Å². The van der Waals surface area contributed by atoms with Gasteiger partial charge in [0, 0.05) is 9.61 Å². The smallest absolute Gasteiger partial charge is 0.119 e. The van der Waals surface area contributed by atoms with Crippen LogP contribution in [0.1, 0.15) is 31.0 Å². The summed E-state index contributed by atoms with van der Waals surface area (Å²) in [7, 11) is 0. The minimum Gasteiger partial charge on any atom is -0.494 e. The first-order valence-corrected chi connectivity index (χ1v) is 8.51. The summed E-state index contributed by atoms with van der Waals surface area (Å²) in [5.41, 5.74) is 2.66. The van der Waals surface area contributed by atoms with Gasteiger partial charge in [-0.15, -0.1) is 0 Å². The second kappa shape index (κ2) is 8.39. The number of hydrogen-bond donors (Lipinski definition) is 1. The second-order valence-electron chi connectivity index (χ2n) is 4.94. The topological polar surface area (TPSA) is 21.3 Å². The van der Waals surface area contributed by atoms with Gasteiger partial charge in [-0.05, 0) is 77.9 Å². The maximum Gasteiger partial charge on any atom is 0.119 e. The quantitative estimate of drug-likeness (QED) is 0.693. The van der Waals surface area contributed by atoms with Crippen molar-refractivity contribution in [3.05, 3.63) is 63.2 Å². The Bertz CT molecular complexity index is 536. The summed E-state index contributed by atoms with van der Waals surface area (Å²) < 4.78 is 6.79. The first-order chi connectivity index (χ1) is 10.2. The predicted octanol–water partition coefficient (Wildman–Crippen LogP) is 4.58. The standard InChI is InChI=1S/C18H22INO/c1-3-20-18(13-14-5-9-16(19)10-6-14)15-7-11-17(12-8-15)21-4-2/h5-12,18,20H,3-4,13H2,1-2H3. The highest BCUT2D eigenvalue weighted by Gasteiger charge is 2.11. The fourth-order valence-electron chi connectivity index (χ4n) is 2.37. The third kappa shape index (κ3) is 5.00. The molecule has 0 spiro atoms. The highest BCUT2D eigenvalue weighted by Crippen LogP contribution is 2.22. The van der Waals surface area contributed by atoms with Crippen LogP contribution in [-0.2, 0) is 6.42 Å². The number of rotatable bonds is 7. The summed E-state index contributed by atoms with van der Waals surface area (Å²) in [5, 5.41) is 3.57. The lowest BCUT2D eigenvalue weighted by Crippen LogP contribution is -2.22. The van der Waals surface area contributed by atoms with Crippen molar-refractivity contribution in [1.82, 2.24) is 5.32 Å². The van der Waals surface area contributed by atoms with Gasteiger partial charge in [0.05, 0.1) is 6.61 Å². The fourth-order valence-corrected chi connectivity index (χ4v) is 2.73. The third-order valence-corrected chi connectivity index (χ3v) is 4.12. The number of ether oxygens (including phenoxy) is 1. The van der Waals surface area contributed by atoms with E-state index in [1.165, 1.54) is 14.7 Å². The van der Waals surface area contributed by atoms with Gasteiger partial charge in [0.2, 0.25) is 0 Å². The molecule has 0 aromatic heterocycles. The highest BCUT2D eigenvalue weighted by molar-refractivity contribution is 14.1. The van der Waals surface area contributed by atoms with Gasteiger partial charge >= 0.3 is 0 Å². The Morgan fingerprint density at radius 1 is 1.00 bits per heavy atom. The van der Waals surface area contributed by atoms with E-state index in [2.05, 4.69) is 83.4 Å². The van der Waals surface area contributed by atoms with Crippen molar-refractivity contribution in [2.75, 3.05) is 13.2 Å². The molecule has 1 atom stereocenters.